The summed E-state index contributed by atoms with van der Waals surface area (Å²) < 4.78 is 18.8. The number of allylic oxidation sites excluding steroid dienone is 1. The predicted molar refractivity (Wildman–Crippen MR) is 155 cm³/mol. The molecule has 0 aliphatic carbocycles. The van der Waals surface area contributed by atoms with E-state index < -0.39 is 0 Å². The van der Waals surface area contributed by atoms with Gasteiger partial charge in [0.05, 0.1) is 12.3 Å². The summed E-state index contributed by atoms with van der Waals surface area (Å²) in [5.41, 5.74) is 4.31. The molecule has 0 atom stereocenters. The molecule has 2 amide bonds. The SMILES string of the molecule is O=C(C=Cc1ccc(CCCCCCCCOCc2ccc(N3C(=O)C=CC3=O)cc2)cc1)c1ccc(F)cc1. The van der Waals surface area contributed by atoms with Crippen LogP contribution in [-0.2, 0) is 27.4 Å². The lowest BCUT2D eigenvalue weighted by Gasteiger charge is -2.14. The van der Waals surface area contributed by atoms with Crippen molar-refractivity contribution >= 4 is 29.4 Å². The van der Waals surface area contributed by atoms with Gasteiger partial charge in [-0.1, -0.05) is 68.2 Å². The van der Waals surface area contributed by atoms with Crippen LogP contribution in [0.4, 0.5) is 10.1 Å². The molecular weight excluding hydrogens is 505 g/mol. The predicted octanol–water partition coefficient (Wildman–Crippen LogP) is 7.25. The van der Waals surface area contributed by atoms with E-state index in [0.29, 0.717) is 24.5 Å². The molecule has 0 bridgehead atoms. The standard InChI is InChI=1S/C34H34FNO4/c35-30-17-15-29(16-18-30)32(37)21-14-27-10-8-26(9-11-27)7-5-3-1-2-4-6-24-40-25-28-12-19-31(20-13-28)36-33(38)22-23-34(36)39/h8-23H,1-7,24-25H2. The molecule has 4 rings (SSSR count). The molecule has 1 heterocycles. The minimum absolute atomic E-state index is 0.143. The number of halogens is 1. The van der Waals surface area contributed by atoms with Gasteiger partial charge in [-0.25, -0.2) is 9.29 Å². The Labute approximate surface area is 235 Å². The van der Waals surface area contributed by atoms with Crippen LogP contribution in [0.5, 0.6) is 0 Å². The lowest BCUT2D eigenvalue weighted by atomic mass is 10.0. The fourth-order valence-corrected chi connectivity index (χ4v) is 4.50. The fourth-order valence-electron chi connectivity index (χ4n) is 4.50. The molecule has 6 heteroatoms. The summed E-state index contributed by atoms with van der Waals surface area (Å²) in [6, 6.07) is 21.1. The first-order valence-corrected chi connectivity index (χ1v) is 13.8. The van der Waals surface area contributed by atoms with E-state index in [9.17, 15) is 18.8 Å². The Morgan fingerprint density at radius 3 is 2.00 bits per heavy atom. The number of imide groups is 1. The van der Waals surface area contributed by atoms with Crippen molar-refractivity contribution in [1.29, 1.82) is 0 Å². The first-order valence-electron chi connectivity index (χ1n) is 13.8. The lowest BCUT2D eigenvalue weighted by molar-refractivity contribution is -0.119. The van der Waals surface area contributed by atoms with Crippen LogP contribution in [0.25, 0.3) is 6.08 Å². The van der Waals surface area contributed by atoms with Crippen molar-refractivity contribution in [1.82, 2.24) is 0 Å². The monoisotopic (exact) mass is 539 g/mol. The number of nitrogens with zero attached hydrogens (tertiary/aromatic N) is 1. The largest absolute Gasteiger partial charge is 0.377 e. The smallest absolute Gasteiger partial charge is 0.258 e. The van der Waals surface area contributed by atoms with E-state index in [0.717, 1.165) is 41.7 Å². The van der Waals surface area contributed by atoms with Crippen molar-refractivity contribution < 1.29 is 23.5 Å². The second-order valence-corrected chi connectivity index (χ2v) is 9.88. The minimum Gasteiger partial charge on any atom is -0.377 e. The van der Waals surface area contributed by atoms with Crippen molar-refractivity contribution in [3.63, 3.8) is 0 Å². The topological polar surface area (TPSA) is 63.7 Å². The van der Waals surface area contributed by atoms with E-state index in [1.165, 1.54) is 67.3 Å². The number of aryl methyl sites for hydroxylation is 1. The summed E-state index contributed by atoms with van der Waals surface area (Å²) in [4.78, 5) is 36.9. The highest BCUT2D eigenvalue weighted by Gasteiger charge is 2.24. The summed E-state index contributed by atoms with van der Waals surface area (Å²) in [5, 5.41) is 0. The van der Waals surface area contributed by atoms with Gasteiger partial charge in [-0.05, 0) is 78.4 Å². The summed E-state index contributed by atoms with van der Waals surface area (Å²) in [6.45, 7) is 1.23. The molecule has 3 aromatic carbocycles. The number of amides is 2. The second-order valence-electron chi connectivity index (χ2n) is 9.88. The van der Waals surface area contributed by atoms with Crippen molar-refractivity contribution in [2.45, 2.75) is 51.6 Å². The van der Waals surface area contributed by atoms with Crippen LogP contribution < -0.4 is 4.90 Å². The Morgan fingerprint density at radius 2 is 1.32 bits per heavy atom. The number of hydrogen-bond acceptors (Lipinski definition) is 4. The fraction of sp³-hybridized carbons (Fsp3) is 0.265. The van der Waals surface area contributed by atoms with E-state index >= 15 is 0 Å². The Morgan fingerprint density at radius 1 is 0.725 bits per heavy atom. The number of benzene rings is 3. The molecule has 0 unspecified atom stereocenters. The number of carbonyl (C=O) groups excluding carboxylic acids is 3. The van der Waals surface area contributed by atoms with E-state index in [4.69, 9.17) is 4.74 Å². The molecule has 0 spiro atoms. The molecule has 0 aromatic heterocycles. The number of unbranched alkanes of at least 4 members (excludes halogenated alkanes) is 5. The van der Waals surface area contributed by atoms with Crippen molar-refractivity contribution in [3.8, 4) is 0 Å². The third-order valence-electron chi connectivity index (χ3n) is 6.81. The number of ketones is 1. The first kappa shape index (κ1) is 28.8. The average molecular weight is 540 g/mol. The maximum absolute atomic E-state index is 13.0. The zero-order valence-electron chi connectivity index (χ0n) is 22.6. The lowest BCUT2D eigenvalue weighted by Crippen LogP contribution is -2.29. The van der Waals surface area contributed by atoms with E-state index in [1.54, 1.807) is 18.2 Å². The van der Waals surface area contributed by atoms with Crippen LogP contribution in [-0.4, -0.2) is 24.2 Å². The van der Waals surface area contributed by atoms with Crippen molar-refractivity contribution in [3.05, 3.63) is 119 Å². The first-order chi connectivity index (χ1) is 19.5. The van der Waals surface area contributed by atoms with Gasteiger partial charge in [-0.2, -0.15) is 0 Å². The molecule has 0 saturated heterocycles. The van der Waals surface area contributed by atoms with Crippen LogP contribution in [0.2, 0.25) is 0 Å². The summed E-state index contributed by atoms with van der Waals surface area (Å²) in [6.07, 6.45) is 13.8. The zero-order chi connectivity index (χ0) is 28.2. The number of carbonyl (C=O) groups is 3. The van der Waals surface area contributed by atoms with Gasteiger partial charge in [0, 0.05) is 24.3 Å². The number of ether oxygens (including phenoxy) is 1. The molecule has 5 nitrogen and oxygen atoms in total. The molecular formula is C34H34FNO4. The van der Waals surface area contributed by atoms with Gasteiger partial charge in [0.25, 0.3) is 11.8 Å². The van der Waals surface area contributed by atoms with Crippen LogP contribution in [0, 0.1) is 5.82 Å². The van der Waals surface area contributed by atoms with E-state index in [-0.39, 0.29) is 23.4 Å². The van der Waals surface area contributed by atoms with Gasteiger partial charge in [0.15, 0.2) is 5.78 Å². The van der Waals surface area contributed by atoms with Gasteiger partial charge in [-0.3, -0.25) is 14.4 Å². The van der Waals surface area contributed by atoms with Gasteiger partial charge in [0.1, 0.15) is 5.82 Å². The summed E-state index contributed by atoms with van der Waals surface area (Å²) >= 11 is 0. The third-order valence-corrected chi connectivity index (χ3v) is 6.81. The van der Waals surface area contributed by atoms with E-state index in [1.807, 2.05) is 24.3 Å². The Kier molecular flexibility index (Phi) is 10.7. The van der Waals surface area contributed by atoms with Gasteiger partial charge >= 0.3 is 0 Å². The summed E-state index contributed by atoms with van der Waals surface area (Å²) in [7, 11) is 0. The molecule has 1 aliphatic rings. The molecule has 206 valence electrons. The van der Waals surface area contributed by atoms with Crippen molar-refractivity contribution in [2.24, 2.45) is 0 Å². The van der Waals surface area contributed by atoms with Gasteiger partial charge < -0.3 is 4.74 Å². The molecule has 0 radical (unpaired) electrons. The number of hydrogen-bond donors (Lipinski definition) is 0. The normalized spacial score (nSPS) is 13.1. The van der Waals surface area contributed by atoms with Crippen LogP contribution in [0.3, 0.4) is 0 Å². The van der Waals surface area contributed by atoms with Gasteiger partial charge in [-0.15, -0.1) is 0 Å². The highest BCUT2D eigenvalue weighted by Crippen LogP contribution is 2.20. The maximum atomic E-state index is 13.0. The molecule has 0 N–H and O–H groups in total. The third kappa shape index (κ3) is 8.68. The Balaban J connectivity index is 1.02. The number of anilines is 1. The highest BCUT2D eigenvalue weighted by molar-refractivity contribution is 6.28. The molecule has 0 fully saturated rings. The molecule has 1 aliphatic heterocycles. The Hall–Kier alpha value is -4.16. The zero-order valence-corrected chi connectivity index (χ0v) is 22.6. The van der Waals surface area contributed by atoms with Gasteiger partial charge in [0.2, 0.25) is 0 Å². The quantitative estimate of drug-likeness (QED) is 0.0883. The second kappa shape index (κ2) is 14.8. The molecule has 40 heavy (non-hydrogen) atoms. The van der Waals surface area contributed by atoms with E-state index in [2.05, 4.69) is 12.1 Å². The summed E-state index contributed by atoms with van der Waals surface area (Å²) in [5.74, 6) is -1.12. The average Bonchev–Trinajstić information content (AvgIpc) is 3.31. The highest BCUT2D eigenvalue weighted by atomic mass is 19.1. The number of rotatable bonds is 15. The minimum atomic E-state index is -0.352. The maximum Gasteiger partial charge on any atom is 0.258 e. The Bertz CT molecular complexity index is 1320. The molecule has 0 saturated carbocycles. The van der Waals surface area contributed by atoms with Crippen LogP contribution in [0.15, 0.2) is 91.0 Å². The van der Waals surface area contributed by atoms with Crippen LogP contribution >= 0.6 is 0 Å². The molecule has 3 aromatic rings. The van der Waals surface area contributed by atoms with Crippen LogP contribution in [0.1, 0.15) is 65.6 Å². The van der Waals surface area contributed by atoms with Crippen molar-refractivity contribution in [2.75, 3.05) is 11.5 Å².